The summed E-state index contributed by atoms with van der Waals surface area (Å²) >= 11 is 0. The Balaban J connectivity index is 1.65. The highest BCUT2D eigenvalue weighted by Crippen LogP contribution is 2.29. The number of cyclic esters (lactones) is 1. The second kappa shape index (κ2) is 10.8. The molecule has 1 aliphatic heterocycles. The van der Waals surface area contributed by atoms with Gasteiger partial charge in [0.25, 0.3) is 5.91 Å². The van der Waals surface area contributed by atoms with Crippen LogP contribution in [0.15, 0.2) is 48.5 Å². The predicted molar refractivity (Wildman–Crippen MR) is 132 cm³/mol. The third-order valence-electron chi connectivity index (χ3n) is 6.37. The molecular weight excluding hydrogens is 445 g/mol. The molecule has 1 atom stereocenters. The summed E-state index contributed by atoms with van der Waals surface area (Å²) in [6.45, 7) is 6.49. The second-order valence-electron chi connectivity index (χ2n) is 9.46. The third kappa shape index (κ3) is 5.96. The van der Waals surface area contributed by atoms with Gasteiger partial charge in [-0.15, -0.1) is 0 Å². The molecule has 7 heteroatoms. The predicted octanol–water partition coefficient (Wildman–Crippen LogP) is 5.40. The highest BCUT2D eigenvalue weighted by molar-refractivity contribution is 5.94. The van der Waals surface area contributed by atoms with Gasteiger partial charge in [0.2, 0.25) is 0 Å². The number of esters is 1. The van der Waals surface area contributed by atoms with Gasteiger partial charge in [-0.25, -0.2) is 9.07 Å². The number of hydrogen-bond donors (Lipinski definition) is 1. The quantitative estimate of drug-likeness (QED) is 0.441. The average molecular weight is 478 g/mol. The summed E-state index contributed by atoms with van der Waals surface area (Å²) in [6, 6.07) is 14.1. The normalized spacial score (nSPS) is 15.8. The Hall–Kier alpha value is -3.48. The lowest BCUT2D eigenvalue weighted by Gasteiger charge is -2.22. The zero-order chi connectivity index (χ0) is 24.9. The monoisotopic (exact) mass is 477 g/mol. The number of nitrogens with one attached hydrogen (secondary N) is 1. The number of hydrogen-bond acceptors (Lipinski definition) is 4. The topological polar surface area (TPSA) is 73.2 Å². The van der Waals surface area contributed by atoms with Crippen LogP contribution in [0.5, 0.6) is 0 Å². The van der Waals surface area contributed by atoms with Crippen molar-refractivity contribution in [2.45, 2.75) is 71.4 Å². The molecule has 1 fully saturated rings. The van der Waals surface area contributed by atoms with E-state index in [4.69, 9.17) is 9.84 Å². The van der Waals surface area contributed by atoms with Crippen molar-refractivity contribution in [1.82, 2.24) is 15.1 Å². The van der Waals surface area contributed by atoms with Crippen LogP contribution in [0, 0.1) is 12.7 Å². The molecule has 0 radical (unpaired) electrons. The van der Waals surface area contributed by atoms with Crippen molar-refractivity contribution in [2.75, 3.05) is 0 Å². The Morgan fingerprint density at radius 1 is 1.17 bits per heavy atom. The standard InChI is InChI=1S/C28H32FN3O3/c1-18(2)26-24(16-15-23-5-4-6-25(33)35-23)32(22-13-11-21(29)12-14-22)31-27(26)28(34)30-17-20-9-7-19(3)8-10-20/h7-14,18,23H,4-6,15-17H2,1-3H3,(H,30,34). The molecule has 1 aliphatic rings. The van der Waals surface area contributed by atoms with Crippen LogP contribution < -0.4 is 5.32 Å². The van der Waals surface area contributed by atoms with E-state index < -0.39 is 0 Å². The van der Waals surface area contributed by atoms with E-state index in [-0.39, 0.29) is 29.7 Å². The number of rotatable bonds is 8. The van der Waals surface area contributed by atoms with Crippen LogP contribution >= 0.6 is 0 Å². The van der Waals surface area contributed by atoms with Gasteiger partial charge in [-0.05, 0) is 68.4 Å². The molecule has 1 aromatic heterocycles. The van der Waals surface area contributed by atoms with Crippen molar-refractivity contribution in [3.05, 3.63) is 82.4 Å². The van der Waals surface area contributed by atoms with Crippen molar-refractivity contribution >= 4 is 11.9 Å². The number of ether oxygens (including phenoxy) is 1. The van der Waals surface area contributed by atoms with Gasteiger partial charge in [0, 0.05) is 24.2 Å². The molecule has 35 heavy (non-hydrogen) atoms. The number of carbonyl (C=O) groups is 2. The Morgan fingerprint density at radius 2 is 1.89 bits per heavy atom. The van der Waals surface area contributed by atoms with E-state index in [9.17, 15) is 14.0 Å². The molecule has 0 saturated carbocycles. The molecule has 1 unspecified atom stereocenters. The van der Waals surface area contributed by atoms with Crippen LogP contribution in [0.3, 0.4) is 0 Å². The highest BCUT2D eigenvalue weighted by Gasteiger charge is 2.27. The minimum atomic E-state index is -0.336. The van der Waals surface area contributed by atoms with E-state index in [2.05, 4.69) is 5.32 Å². The zero-order valence-electron chi connectivity index (χ0n) is 20.5. The first-order valence-electron chi connectivity index (χ1n) is 12.2. The van der Waals surface area contributed by atoms with Gasteiger partial charge < -0.3 is 10.1 Å². The summed E-state index contributed by atoms with van der Waals surface area (Å²) < 4.78 is 20.9. The SMILES string of the molecule is Cc1ccc(CNC(=O)c2nn(-c3ccc(F)cc3)c(CCC3CCCC(=O)O3)c2C(C)C)cc1. The molecule has 2 aromatic carbocycles. The minimum Gasteiger partial charge on any atom is -0.462 e. The number of benzene rings is 2. The maximum atomic E-state index is 13.6. The van der Waals surface area contributed by atoms with Crippen molar-refractivity contribution in [3.8, 4) is 5.69 Å². The molecule has 0 spiro atoms. The molecule has 0 bridgehead atoms. The summed E-state index contributed by atoms with van der Waals surface area (Å²) in [5.41, 5.74) is 4.96. The molecule has 184 valence electrons. The van der Waals surface area contributed by atoms with E-state index in [1.165, 1.54) is 12.1 Å². The van der Waals surface area contributed by atoms with Crippen LogP contribution in [-0.4, -0.2) is 27.8 Å². The fourth-order valence-corrected chi connectivity index (χ4v) is 4.53. The van der Waals surface area contributed by atoms with Crippen LogP contribution in [0.4, 0.5) is 4.39 Å². The minimum absolute atomic E-state index is 0.0354. The highest BCUT2D eigenvalue weighted by atomic mass is 19.1. The molecule has 0 aliphatic carbocycles. The van der Waals surface area contributed by atoms with Gasteiger partial charge >= 0.3 is 5.97 Å². The number of halogens is 1. The lowest BCUT2D eigenvalue weighted by Crippen LogP contribution is -2.25. The molecular formula is C28H32FN3O3. The van der Waals surface area contributed by atoms with Crippen LogP contribution in [0.1, 0.15) is 78.3 Å². The van der Waals surface area contributed by atoms with Gasteiger partial charge in [0.05, 0.1) is 5.69 Å². The summed E-state index contributed by atoms with van der Waals surface area (Å²) in [5.74, 6) is -0.709. The van der Waals surface area contributed by atoms with Crippen molar-refractivity contribution in [2.24, 2.45) is 0 Å². The zero-order valence-corrected chi connectivity index (χ0v) is 20.5. The first-order chi connectivity index (χ1) is 16.8. The lowest BCUT2D eigenvalue weighted by atomic mass is 9.95. The van der Waals surface area contributed by atoms with E-state index in [1.807, 2.05) is 45.0 Å². The molecule has 1 saturated heterocycles. The number of amides is 1. The molecule has 6 nitrogen and oxygen atoms in total. The van der Waals surface area contributed by atoms with E-state index >= 15 is 0 Å². The van der Waals surface area contributed by atoms with Crippen LogP contribution in [0.25, 0.3) is 5.69 Å². The Labute approximate surface area is 205 Å². The van der Waals surface area contributed by atoms with Crippen molar-refractivity contribution in [1.29, 1.82) is 0 Å². The fourth-order valence-electron chi connectivity index (χ4n) is 4.53. The van der Waals surface area contributed by atoms with Crippen molar-refractivity contribution < 1.29 is 18.7 Å². The van der Waals surface area contributed by atoms with Crippen LogP contribution in [0.2, 0.25) is 0 Å². The first-order valence-corrected chi connectivity index (χ1v) is 12.2. The number of nitrogens with zero attached hydrogens (tertiary/aromatic N) is 2. The average Bonchev–Trinajstić information content (AvgIpc) is 3.23. The fraction of sp³-hybridized carbons (Fsp3) is 0.393. The number of aryl methyl sites for hydroxylation is 1. The van der Waals surface area contributed by atoms with Gasteiger partial charge in [-0.2, -0.15) is 5.10 Å². The molecule has 3 aromatic rings. The lowest BCUT2D eigenvalue weighted by molar-refractivity contribution is -0.153. The number of aromatic nitrogens is 2. The number of carbonyl (C=O) groups excluding carboxylic acids is 2. The van der Waals surface area contributed by atoms with Gasteiger partial charge in [0.15, 0.2) is 5.69 Å². The van der Waals surface area contributed by atoms with Crippen molar-refractivity contribution in [3.63, 3.8) is 0 Å². The summed E-state index contributed by atoms with van der Waals surface area (Å²) in [5, 5.41) is 7.71. The Bertz CT molecular complexity index is 1180. The summed E-state index contributed by atoms with van der Waals surface area (Å²) in [6.07, 6.45) is 3.20. The van der Waals surface area contributed by atoms with E-state index in [0.717, 1.165) is 35.2 Å². The Morgan fingerprint density at radius 3 is 2.54 bits per heavy atom. The Kier molecular flexibility index (Phi) is 7.63. The van der Waals surface area contributed by atoms with Gasteiger partial charge in [-0.3, -0.25) is 9.59 Å². The molecule has 1 N–H and O–H groups in total. The third-order valence-corrected chi connectivity index (χ3v) is 6.37. The van der Waals surface area contributed by atoms with Gasteiger partial charge in [0.1, 0.15) is 11.9 Å². The maximum Gasteiger partial charge on any atom is 0.306 e. The molecule has 2 heterocycles. The van der Waals surface area contributed by atoms with Gasteiger partial charge in [-0.1, -0.05) is 43.7 Å². The smallest absolute Gasteiger partial charge is 0.306 e. The largest absolute Gasteiger partial charge is 0.462 e. The van der Waals surface area contributed by atoms with Crippen LogP contribution in [-0.2, 0) is 22.5 Å². The van der Waals surface area contributed by atoms with E-state index in [1.54, 1.807) is 16.8 Å². The second-order valence-corrected chi connectivity index (χ2v) is 9.46. The summed E-state index contributed by atoms with van der Waals surface area (Å²) in [7, 11) is 0. The molecule has 1 amide bonds. The maximum absolute atomic E-state index is 13.6. The summed E-state index contributed by atoms with van der Waals surface area (Å²) in [4.78, 5) is 25.0. The molecule has 4 rings (SSSR count). The first kappa shape index (κ1) is 24.6. The van der Waals surface area contributed by atoms with E-state index in [0.29, 0.717) is 37.2 Å².